The molecule has 0 rings (SSSR count). The molecule has 0 fully saturated rings. The molecular formula is C7H15N3O3. The maximum absolute atomic E-state index is 10.6. The van der Waals surface area contributed by atoms with Crippen LogP contribution < -0.4 is 16.8 Å². The fraction of sp³-hybridized carbons (Fsp3) is 0.714. The van der Waals surface area contributed by atoms with Gasteiger partial charge < -0.3 is 21.9 Å². The zero-order valence-corrected chi connectivity index (χ0v) is 7.49. The summed E-state index contributed by atoms with van der Waals surface area (Å²) in [4.78, 5) is 21.1. The highest BCUT2D eigenvalue weighted by molar-refractivity contribution is 5.81. The van der Waals surface area contributed by atoms with Crippen molar-refractivity contribution in [2.24, 2.45) is 11.5 Å². The molecule has 0 spiro atoms. The molecule has 0 aliphatic heterocycles. The van der Waals surface area contributed by atoms with Gasteiger partial charge in [-0.2, -0.15) is 0 Å². The second kappa shape index (κ2) is 5.50. The number of rotatable bonds is 6. The molecule has 76 valence electrons. The van der Waals surface area contributed by atoms with E-state index in [1.165, 1.54) is 0 Å². The van der Waals surface area contributed by atoms with Crippen molar-refractivity contribution in [1.29, 1.82) is 0 Å². The van der Waals surface area contributed by atoms with Gasteiger partial charge in [0.1, 0.15) is 6.04 Å². The molecule has 0 aromatic heterocycles. The summed E-state index contributed by atoms with van der Waals surface area (Å²) in [5.74, 6) is -1.72. The van der Waals surface area contributed by atoms with Crippen molar-refractivity contribution in [3.05, 3.63) is 0 Å². The lowest BCUT2D eigenvalue weighted by atomic mass is 10.1. The summed E-state index contributed by atoms with van der Waals surface area (Å²) in [5.41, 5.74) is 10.2. The van der Waals surface area contributed by atoms with Crippen molar-refractivity contribution < 1.29 is 14.7 Å². The zero-order valence-electron chi connectivity index (χ0n) is 7.49. The Morgan fingerprint density at radius 3 is 2.38 bits per heavy atom. The summed E-state index contributed by atoms with van der Waals surface area (Å²) >= 11 is 0. The molecule has 1 unspecified atom stereocenters. The number of carbonyl (C=O) groups excluding carboxylic acids is 1. The standard InChI is InChI=1S/C7H15N3O3/c1-2-10-5(7(12)13)3-4(8)6(9)11/h4-5,10H,2-3,8H2,1H3,(H2,9,11)(H,12,13)/t4?,5-/m0/s1. The molecule has 2 atom stereocenters. The Morgan fingerprint density at radius 1 is 1.54 bits per heavy atom. The average molecular weight is 189 g/mol. The molecule has 0 aliphatic carbocycles. The molecule has 0 aromatic rings. The fourth-order valence-electron chi connectivity index (χ4n) is 0.888. The third-order valence-corrected chi connectivity index (χ3v) is 1.60. The van der Waals surface area contributed by atoms with Gasteiger partial charge in [-0.25, -0.2) is 0 Å². The van der Waals surface area contributed by atoms with E-state index in [2.05, 4.69) is 5.32 Å². The monoisotopic (exact) mass is 189 g/mol. The Kier molecular flexibility index (Phi) is 5.01. The van der Waals surface area contributed by atoms with Crippen LogP contribution in [0.4, 0.5) is 0 Å². The second-order valence-electron chi connectivity index (χ2n) is 2.69. The number of likely N-dealkylation sites (N-methyl/N-ethyl adjacent to an activating group) is 1. The van der Waals surface area contributed by atoms with Crippen LogP contribution in [0, 0.1) is 0 Å². The summed E-state index contributed by atoms with van der Waals surface area (Å²) < 4.78 is 0. The quantitative estimate of drug-likeness (QED) is 0.395. The zero-order chi connectivity index (χ0) is 10.4. The molecule has 0 aromatic carbocycles. The highest BCUT2D eigenvalue weighted by Gasteiger charge is 2.21. The van der Waals surface area contributed by atoms with Crippen molar-refractivity contribution >= 4 is 11.9 Å². The van der Waals surface area contributed by atoms with Crippen LogP contribution >= 0.6 is 0 Å². The van der Waals surface area contributed by atoms with Crippen molar-refractivity contribution in [2.75, 3.05) is 6.54 Å². The van der Waals surface area contributed by atoms with Crippen LogP contribution in [-0.2, 0) is 9.59 Å². The van der Waals surface area contributed by atoms with Gasteiger partial charge in [0.25, 0.3) is 0 Å². The molecule has 0 saturated heterocycles. The molecule has 13 heavy (non-hydrogen) atoms. The number of nitrogens with two attached hydrogens (primary N) is 2. The Hall–Kier alpha value is -1.14. The van der Waals surface area contributed by atoms with Crippen LogP contribution in [0.1, 0.15) is 13.3 Å². The number of aliphatic carboxylic acids is 1. The minimum absolute atomic E-state index is 0.0124. The molecular weight excluding hydrogens is 174 g/mol. The van der Waals surface area contributed by atoms with E-state index >= 15 is 0 Å². The third-order valence-electron chi connectivity index (χ3n) is 1.60. The first-order chi connectivity index (χ1) is 5.99. The Bertz CT molecular complexity index is 195. The normalized spacial score (nSPS) is 14.9. The van der Waals surface area contributed by atoms with Gasteiger partial charge in [-0.05, 0) is 13.0 Å². The summed E-state index contributed by atoms with van der Waals surface area (Å²) in [7, 11) is 0. The van der Waals surface area contributed by atoms with Gasteiger partial charge in [-0.15, -0.1) is 0 Å². The van der Waals surface area contributed by atoms with E-state index in [-0.39, 0.29) is 6.42 Å². The van der Waals surface area contributed by atoms with Gasteiger partial charge in [0.05, 0.1) is 6.04 Å². The number of hydrogen-bond acceptors (Lipinski definition) is 4. The van der Waals surface area contributed by atoms with Gasteiger partial charge in [0, 0.05) is 0 Å². The lowest BCUT2D eigenvalue weighted by molar-refractivity contribution is -0.139. The lowest BCUT2D eigenvalue weighted by Gasteiger charge is -2.15. The molecule has 1 amide bonds. The topological polar surface area (TPSA) is 118 Å². The first kappa shape index (κ1) is 11.9. The lowest BCUT2D eigenvalue weighted by Crippen LogP contribution is -2.46. The van der Waals surface area contributed by atoms with Gasteiger partial charge in [-0.3, -0.25) is 9.59 Å². The van der Waals surface area contributed by atoms with E-state index in [0.717, 1.165) is 0 Å². The molecule has 0 aliphatic rings. The van der Waals surface area contributed by atoms with Crippen LogP contribution in [-0.4, -0.2) is 35.6 Å². The third kappa shape index (κ3) is 4.44. The molecule has 6 heteroatoms. The van der Waals surface area contributed by atoms with Crippen molar-refractivity contribution in [1.82, 2.24) is 5.32 Å². The number of hydrogen-bond donors (Lipinski definition) is 4. The van der Waals surface area contributed by atoms with Crippen LogP contribution in [0.25, 0.3) is 0 Å². The first-order valence-corrected chi connectivity index (χ1v) is 4.00. The van der Waals surface area contributed by atoms with Gasteiger partial charge in [0.2, 0.25) is 5.91 Å². The second-order valence-corrected chi connectivity index (χ2v) is 2.69. The van der Waals surface area contributed by atoms with Gasteiger partial charge in [-0.1, -0.05) is 6.92 Å². The van der Waals surface area contributed by atoms with Gasteiger partial charge >= 0.3 is 5.97 Å². The molecule has 0 radical (unpaired) electrons. The van der Waals surface area contributed by atoms with Crippen LogP contribution in [0.15, 0.2) is 0 Å². The molecule has 6 nitrogen and oxygen atoms in total. The van der Waals surface area contributed by atoms with Crippen molar-refractivity contribution in [2.45, 2.75) is 25.4 Å². The highest BCUT2D eigenvalue weighted by atomic mass is 16.4. The number of carbonyl (C=O) groups is 2. The van der Waals surface area contributed by atoms with E-state index in [9.17, 15) is 9.59 Å². The van der Waals surface area contributed by atoms with E-state index in [0.29, 0.717) is 6.54 Å². The Labute approximate surface area is 76.3 Å². The molecule has 6 N–H and O–H groups in total. The number of nitrogens with one attached hydrogen (secondary N) is 1. The fourth-order valence-corrected chi connectivity index (χ4v) is 0.888. The summed E-state index contributed by atoms with van der Waals surface area (Å²) in [6.07, 6.45) is 0.0124. The number of primary amides is 1. The van der Waals surface area contributed by atoms with Crippen LogP contribution in [0.2, 0.25) is 0 Å². The van der Waals surface area contributed by atoms with Crippen molar-refractivity contribution in [3.63, 3.8) is 0 Å². The molecule has 0 saturated carbocycles. The first-order valence-electron chi connectivity index (χ1n) is 4.00. The number of carboxylic acids is 1. The van der Waals surface area contributed by atoms with E-state index in [4.69, 9.17) is 16.6 Å². The van der Waals surface area contributed by atoms with Crippen LogP contribution in [0.5, 0.6) is 0 Å². The summed E-state index contributed by atoms with van der Waals surface area (Å²) in [6.45, 7) is 2.27. The van der Waals surface area contributed by atoms with Gasteiger partial charge in [0.15, 0.2) is 0 Å². The maximum atomic E-state index is 10.6. The largest absolute Gasteiger partial charge is 0.480 e. The smallest absolute Gasteiger partial charge is 0.320 e. The number of amides is 1. The molecule has 0 bridgehead atoms. The van der Waals surface area contributed by atoms with Crippen molar-refractivity contribution in [3.8, 4) is 0 Å². The predicted molar refractivity (Wildman–Crippen MR) is 46.9 cm³/mol. The minimum atomic E-state index is -1.03. The number of carboxylic acid groups (broad SMARTS) is 1. The van der Waals surface area contributed by atoms with E-state index < -0.39 is 24.0 Å². The minimum Gasteiger partial charge on any atom is -0.480 e. The van der Waals surface area contributed by atoms with Crippen LogP contribution in [0.3, 0.4) is 0 Å². The Morgan fingerprint density at radius 2 is 2.08 bits per heavy atom. The Balaban J connectivity index is 4.09. The summed E-state index contributed by atoms with van der Waals surface area (Å²) in [6, 6.07) is -1.73. The molecule has 0 heterocycles. The van der Waals surface area contributed by atoms with E-state index in [1.54, 1.807) is 6.92 Å². The average Bonchev–Trinajstić information content (AvgIpc) is 2.03. The SMILES string of the molecule is CCN[C@@H](CC(N)C(N)=O)C(=O)O. The van der Waals surface area contributed by atoms with E-state index in [1.807, 2.05) is 0 Å². The predicted octanol–water partition coefficient (Wildman–Crippen LogP) is -1.75. The summed E-state index contributed by atoms with van der Waals surface area (Å²) in [5, 5.41) is 11.3. The maximum Gasteiger partial charge on any atom is 0.320 e. The highest BCUT2D eigenvalue weighted by Crippen LogP contribution is 1.96.